The number of imide groups is 1. The summed E-state index contributed by atoms with van der Waals surface area (Å²) in [6, 6.07) is 3.25. The van der Waals surface area contributed by atoms with Crippen molar-refractivity contribution in [2.75, 3.05) is 29.9 Å². The monoisotopic (exact) mass is 383 g/mol. The number of hydrogen-bond acceptors (Lipinski definition) is 4. The van der Waals surface area contributed by atoms with Gasteiger partial charge in [0.15, 0.2) is 0 Å². The maximum Gasteiger partial charge on any atom is 0.416 e. The normalized spacial score (nSPS) is 18.2. The number of carbonyl (C=O) groups is 3. The Labute approximate surface area is 154 Å². The lowest BCUT2D eigenvalue weighted by atomic mass is 10.1. The van der Waals surface area contributed by atoms with Crippen molar-refractivity contribution < 1.29 is 27.6 Å². The number of halogens is 3. The van der Waals surface area contributed by atoms with E-state index in [0.29, 0.717) is 18.8 Å². The van der Waals surface area contributed by atoms with Crippen molar-refractivity contribution in [3.63, 3.8) is 0 Å². The Kier molecular flexibility index (Phi) is 5.38. The third kappa shape index (κ3) is 4.40. The van der Waals surface area contributed by atoms with Crippen LogP contribution < -0.4 is 10.2 Å². The van der Waals surface area contributed by atoms with Crippen molar-refractivity contribution in [3.05, 3.63) is 23.8 Å². The van der Waals surface area contributed by atoms with Gasteiger partial charge in [0.05, 0.1) is 16.9 Å². The summed E-state index contributed by atoms with van der Waals surface area (Å²) in [7, 11) is 0. The number of piperidine rings is 1. The van der Waals surface area contributed by atoms with Crippen molar-refractivity contribution in [3.8, 4) is 0 Å². The number of rotatable bonds is 4. The minimum absolute atomic E-state index is 0.0378. The van der Waals surface area contributed by atoms with Gasteiger partial charge in [-0.25, -0.2) is 0 Å². The van der Waals surface area contributed by atoms with Crippen LogP contribution >= 0.6 is 0 Å². The van der Waals surface area contributed by atoms with E-state index in [1.165, 1.54) is 6.07 Å². The first-order valence-electron chi connectivity index (χ1n) is 8.85. The summed E-state index contributed by atoms with van der Waals surface area (Å²) < 4.78 is 39.3. The van der Waals surface area contributed by atoms with Gasteiger partial charge in [-0.2, -0.15) is 13.2 Å². The first-order valence-corrected chi connectivity index (χ1v) is 8.85. The average Bonchev–Trinajstić information content (AvgIpc) is 2.93. The molecule has 146 valence electrons. The van der Waals surface area contributed by atoms with Crippen LogP contribution in [-0.4, -0.2) is 42.3 Å². The predicted octanol–water partition coefficient (Wildman–Crippen LogP) is 2.78. The van der Waals surface area contributed by atoms with E-state index in [4.69, 9.17) is 0 Å². The van der Waals surface area contributed by atoms with Crippen LogP contribution in [0.25, 0.3) is 0 Å². The van der Waals surface area contributed by atoms with Crippen LogP contribution in [0.2, 0.25) is 0 Å². The van der Waals surface area contributed by atoms with E-state index in [1.54, 1.807) is 0 Å². The maximum atomic E-state index is 13.1. The number of benzene rings is 1. The molecular formula is C18H20F3N3O3. The Balaban J connectivity index is 1.83. The van der Waals surface area contributed by atoms with Gasteiger partial charge < -0.3 is 10.2 Å². The zero-order valence-electron chi connectivity index (χ0n) is 14.6. The average molecular weight is 383 g/mol. The number of carbonyl (C=O) groups excluding carboxylic acids is 3. The maximum absolute atomic E-state index is 13.1. The smallest absolute Gasteiger partial charge is 0.370 e. The molecule has 3 rings (SSSR count). The Morgan fingerprint density at radius 2 is 1.67 bits per heavy atom. The summed E-state index contributed by atoms with van der Waals surface area (Å²) in [5.41, 5.74) is -0.321. The van der Waals surface area contributed by atoms with Gasteiger partial charge >= 0.3 is 6.18 Å². The fourth-order valence-corrected chi connectivity index (χ4v) is 3.36. The van der Waals surface area contributed by atoms with Gasteiger partial charge in [-0.15, -0.1) is 0 Å². The number of nitrogens with one attached hydrogen (secondary N) is 1. The van der Waals surface area contributed by atoms with Crippen LogP contribution in [0.15, 0.2) is 18.2 Å². The predicted molar refractivity (Wildman–Crippen MR) is 92.1 cm³/mol. The first kappa shape index (κ1) is 19.2. The van der Waals surface area contributed by atoms with Gasteiger partial charge in [0.2, 0.25) is 17.7 Å². The lowest BCUT2D eigenvalue weighted by Gasteiger charge is -2.31. The van der Waals surface area contributed by atoms with Gasteiger partial charge in [0.25, 0.3) is 0 Å². The topological polar surface area (TPSA) is 69.7 Å². The molecule has 1 N–H and O–H groups in total. The Morgan fingerprint density at radius 3 is 2.26 bits per heavy atom. The summed E-state index contributed by atoms with van der Waals surface area (Å²) in [6.07, 6.45) is -1.54. The van der Waals surface area contributed by atoms with Crippen LogP contribution in [0.5, 0.6) is 0 Å². The van der Waals surface area contributed by atoms with E-state index in [0.717, 1.165) is 36.3 Å². The highest BCUT2D eigenvalue weighted by molar-refractivity contribution is 6.06. The molecule has 0 unspecified atom stereocenters. The minimum atomic E-state index is -4.54. The number of nitrogens with zero attached hydrogens (tertiary/aromatic N) is 2. The number of hydrogen-bond donors (Lipinski definition) is 1. The lowest BCUT2D eigenvalue weighted by molar-refractivity contribution is -0.141. The fraction of sp³-hybridized carbons (Fsp3) is 0.500. The zero-order chi connectivity index (χ0) is 19.6. The van der Waals surface area contributed by atoms with Crippen LogP contribution in [0.3, 0.4) is 0 Å². The van der Waals surface area contributed by atoms with Crippen molar-refractivity contribution in [2.45, 2.75) is 38.3 Å². The second-order valence-corrected chi connectivity index (χ2v) is 6.70. The Morgan fingerprint density at radius 1 is 1.04 bits per heavy atom. The van der Waals surface area contributed by atoms with Gasteiger partial charge in [-0.3, -0.25) is 19.3 Å². The van der Waals surface area contributed by atoms with Gasteiger partial charge in [-0.1, -0.05) is 0 Å². The highest BCUT2D eigenvalue weighted by atomic mass is 19.4. The quantitative estimate of drug-likeness (QED) is 0.812. The molecule has 27 heavy (non-hydrogen) atoms. The SMILES string of the molecule is O=C(CN1C(=O)CCC1=O)Nc1cc(C(F)(F)F)ccc1N1CCCCC1. The second-order valence-electron chi connectivity index (χ2n) is 6.70. The molecule has 3 amide bonds. The fourth-order valence-electron chi connectivity index (χ4n) is 3.36. The third-order valence-corrected chi connectivity index (χ3v) is 4.75. The van der Waals surface area contributed by atoms with E-state index >= 15 is 0 Å². The van der Waals surface area contributed by atoms with Crippen molar-refractivity contribution >= 4 is 29.1 Å². The van der Waals surface area contributed by atoms with E-state index in [1.807, 2.05) is 4.90 Å². The Bertz CT molecular complexity index is 742. The molecule has 0 aromatic heterocycles. The summed E-state index contributed by atoms with van der Waals surface area (Å²) in [6.45, 7) is 0.891. The molecule has 2 fully saturated rings. The second kappa shape index (κ2) is 7.58. The Hall–Kier alpha value is -2.58. The summed E-state index contributed by atoms with van der Waals surface area (Å²) in [4.78, 5) is 38.4. The molecule has 1 aromatic carbocycles. The summed E-state index contributed by atoms with van der Waals surface area (Å²) in [5, 5.41) is 2.46. The molecule has 9 heteroatoms. The number of likely N-dealkylation sites (tertiary alicyclic amines) is 1. The molecule has 2 heterocycles. The summed E-state index contributed by atoms with van der Waals surface area (Å²) >= 11 is 0. The van der Waals surface area contributed by atoms with Crippen LogP contribution in [-0.2, 0) is 20.6 Å². The molecule has 1 aromatic rings. The minimum Gasteiger partial charge on any atom is -0.370 e. The molecular weight excluding hydrogens is 363 g/mol. The van der Waals surface area contributed by atoms with E-state index < -0.39 is 36.0 Å². The van der Waals surface area contributed by atoms with Crippen molar-refractivity contribution in [2.24, 2.45) is 0 Å². The highest BCUT2D eigenvalue weighted by Crippen LogP contribution is 2.36. The lowest BCUT2D eigenvalue weighted by Crippen LogP contribution is -2.37. The molecule has 0 spiro atoms. The van der Waals surface area contributed by atoms with Crippen molar-refractivity contribution in [1.82, 2.24) is 4.90 Å². The third-order valence-electron chi connectivity index (χ3n) is 4.75. The largest absolute Gasteiger partial charge is 0.416 e. The number of amides is 3. The highest BCUT2D eigenvalue weighted by Gasteiger charge is 2.33. The van der Waals surface area contributed by atoms with Crippen LogP contribution in [0, 0.1) is 0 Å². The van der Waals surface area contributed by atoms with E-state index in [2.05, 4.69) is 5.32 Å². The molecule has 0 bridgehead atoms. The molecule has 2 aliphatic rings. The molecule has 0 aliphatic carbocycles. The molecule has 2 saturated heterocycles. The van der Waals surface area contributed by atoms with Crippen LogP contribution in [0.1, 0.15) is 37.7 Å². The number of anilines is 2. The van der Waals surface area contributed by atoms with Crippen LogP contribution in [0.4, 0.5) is 24.5 Å². The van der Waals surface area contributed by atoms with Crippen molar-refractivity contribution in [1.29, 1.82) is 0 Å². The zero-order valence-corrected chi connectivity index (χ0v) is 14.6. The van der Waals surface area contributed by atoms with Gasteiger partial charge in [0, 0.05) is 25.9 Å². The number of alkyl halides is 3. The van der Waals surface area contributed by atoms with Gasteiger partial charge in [-0.05, 0) is 37.5 Å². The first-order chi connectivity index (χ1) is 12.8. The standard InChI is InChI=1S/C18H20F3N3O3/c19-18(20,21)12-4-5-14(23-8-2-1-3-9-23)13(10-12)22-15(25)11-24-16(26)6-7-17(24)27/h4-5,10H,1-3,6-9,11H2,(H,22,25). The molecule has 0 saturated carbocycles. The summed E-state index contributed by atoms with van der Waals surface area (Å²) in [5.74, 6) is -1.60. The van der Waals surface area contributed by atoms with E-state index in [-0.39, 0.29) is 18.5 Å². The molecule has 0 radical (unpaired) electrons. The van der Waals surface area contributed by atoms with E-state index in [9.17, 15) is 27.6 Å². The molecule has 0 atom stereocenters. The van der Waals surface area contributed by atoms with Gasteiger partial charge in [0.1, 0.15) is 6.54 Å². The molecule has 2 aliphatic heterocycles. The molecule has 6 nitrogen and oxygen atoms in total.